The number of Topliss-reactive ketones (excluding diaryl/α,β-unsaturated/α-hetero) is 1. The molecule has 0 aliphatic rings. The van der Waals surface area contributed by atoms with E-state index in [1.807, 2.05) is 30.3 Å². The van der Waals surface area contributed by atoms with Crippen LogP contribution in [0.1, 0.15) is 17.3 Å². The summed E-state index contributed by atoms with van der Waals surface area (Å²) in [5, 5.41) is 0. The van der Waals surface area contributed by atoms with Gasteiger partial charge >= 0.3 is 0 Å². The number of H-pyrrole nitrogens is 1. The van der Waals surface area contributed by atoms with Crippen LogP contribution in [0.2, 0.25) is 0 Å². The molecule has 1 aromatic heterocycles. The van der Waals surface area contributed by atoms with Crippen LogP contribution in [0.3, 0.4) is 0 Å². The normalized spacial score (nSPS) is 8.87. The first-order valence-corrected chi connectivity index (χ1v) is 4.64. The first-order chi connectivity index (χ1) is 7.20. The predicted octanol–water partition coefficient (Wildman–Crippen LogP) is 2.49. The molecule has 2 rings (SSSR count). The van der Waals surface area contributed by atoms with Crippen molar-refractivity contribution in [1.29, 1.82) is 0 Å². The van der Waals surface area contributed by atoms with Crippen LogP contribution in [0.4, 0.5) is 5.69 Å². The Morgan fingerprint density at radius 3 is 2.13 bits per heavy atom. The molecule has 78 valence electrons. The SMILES string of the molecule is CC(=O)c1ccccc1.Nc1cc[nH]c1. The van der Waals surface area contributed by atoms with Crippen molar-refractivity contribution in [2.45, 2.75) is 6.92 Å². The fourth-order valence-corrected chi connectivity index (χ4v) is 1.01. The number of benzene rings is 1. The van der Waals surface area contributed by atoms with Crippen molar-refractivity contribution in [1.82, 2.24) is 4.98 Å². The van der Waals surface area contributed by atoms with E-state index in [-0.39, 0.29) is 5.78 Å². The largest absolute Gasteiger partial charge is 0.398 e. The average Bonchev–Trinajstić information content (AvgIpc) is 2.71. The number of aromatic nitrogens is 1. The van der Waals surface area contributed by atoms with E-state index in [9.17, 15) is 4.79 Å². The zero-order valence-corrected chi connectivity index (χ0v) is 8.60. The highest BCUT2D eigenvalue weighted by atomic mass is 16.1. The Bertz CT molecular complexity index is 393. The fraction of sp³-hybridized carbons (Fsp3) is 0.0833. The van der Waals surface area contributed by atoms with E-state index in [0.717, 1.165) is 11.3 Å². The standard InChI is InChI=1S/C8H8O.C4H6N2/c1-7(9)8-5-3-2-4-6-8;5-4-1-2-6-3-4/h2-6H,1H3;1-3,6H,5H2. The van der Waals surface area contributed by atoms with Gasteiger partial charge in [-0.2, -0.15) is 0 Å². The third kappa shape index (κ3) is 4.13. The molecule has 3 N–H and O–H groups in total. The molecule has 0 radical (unpaired) electrons. The lowest BCUT2D eigenvalue weighted by molar-refractivity contribution is 0.101. The van der Waals surface area contributed by atoms with Gasteiger partial charge in [0.25, 0.3) is 0 Å². The van der Waals surface area contributed by atoms with Crippen molar-refractivity contribution < 1.29 is 4.79 Å². The summed E-state index contributed by atoms with van der Waals surface area (Å²) in [6.45, 7) is 1.56. The second kappa shape index (κ2) is 5.65. The van der Waals surface area contributed by atoms with E-state index in [0.29, 0.717) is 0 Å². The van der Waals surface area contributed by atoms with Crippen molar-refractivity contribution in [2.75, 3.05) is 5.73 Å². The van der Waals surface area contributed by atoms with Crippen molar-refractivity contribution in [3.8, 4) is 0 Å². The number of nitrogens with two attached hydrogens (primary N) is 1. The number of ketones is 1. The summed E-state index contributed by atoms with van der Waals surface area (Å²) < 4.78 is 0. The Morgan fingerprint density at radius 1 is 1.20 bits per heavy atom. The summed E-state index contributed by atoms with van der Waals surface area (Å²) in [4.78, 5) is 13.4. The molecule has 0 spiro atoms. The van der Waals surface area contributed by atoms with Gasteiger partial charge in [0.1, 0.15) is 0 Å². The number of anilines is 1. The minimum Gasteiger partial charge on any atom is -0.398 e. The Hall–Kier alpha value is -2.03. The van der Waals surface area contributed by atoms with Crippen LogP contribution in [0.15, 0.2) is 48.8 Å². The van der Waals surface area contributed by atoms with E-state index in [1.54, 1.807) is 25.4 Å². The molecule has 2 aromatic rings. The maximum absolute atomic E-state index is 10.6. The van der Waals surface area contributed by atoms with E-state index >= 15 is 0 Å². The molecule has 0 aliphatic heterocycles. The maximum Gasteiger partial charge on any atom is 0.159 e. The van der Waals surface area contributed by atoms with Crippen LogP contribution < -0.4 is 5.73 Å². The number of nitrogens with one attached hydrogen (secondary N) is 1. The molecule has 0 bridgehead atoms. The Balaban J connectivity index is 0.000000162. The Morgan fingerprint density at radius 2 is 1.87 bits per heavy atom. The number of carbonyl (C=O) groups is 1. The van der Waals surface area contributed by atoms with Crippen molar-refractivity contribution in [2.24, 2.45) is 0 Å². The monoisotopic (exact) mass is 202 g/mol. The van der Waals surface area contributed by atoms with Crippen LogP contribution in [0.25, 0.3) is 0 Å². The molecule has 0 amide bonds. The van der Waals surface area contributed by atoms with Crippen molar-refractivity contribution in [3.05, 3.63) is 54.4 Å². The number of rotatable bonds is 1. The van der Waals surface area contributed by atoms with Gasteiger partial charge in [-0.3, -0.25) is 4.79 Å². The first-order valence-electron chi connectivity index (χ1n) is 4.64. The summed E-state index contributed by atoms with van der Waals surface area (Å²) in [6.07, 6.45) is 3.52. The summed E-state index contributed by atoms with van der Waals surface area (Å²) in [5.41, 5.74) is 6.81. The summed E-state index contributed by atoms with van der Waals surface area (Å²) >= 11 is 0. The first kappa shape index (κ1) is 11.0. The zero-order chi connectivity index (χ0) is 11.1. The summed E-state index contributed by atoms with van der Waals surface area (Å²) in [5.74, 6) is 0.121. The summed E-state index contributed by atoms with van der Waals surface area (Å²) in [6, 6.07) is 11.0. The highest BCUT2D eigenvalue weighted by Gasteiger charge is 1.92. The lowest BCUT2D eigenvalue weighted by atomic mass is 10.2. The van der Waals surface area contributed by atoms with Crippen LogP contribution in [-0.4, -0.2) is 10.8 Å². The molecule has 0 unspecified atom stereocenters. The van der Waals surface area contributed by atoms with E-state index in [1.165, 1.54) is 0 Å². The molecule has 3 nitrogen and oxygen atoms in total. The highest BCUT2D eigenvalue weighted by molar-refractivity contribution is 5.93. The smallest absolute Gasteiger partial charge is 0.159 e. The van der Waals surface area contributed by atoms with E-state index in [4.69, 9.17) is 5.73 Å². The fourth-order valence-electron chi connectivity index (χ4n) is 1.01. The summed E-state index contributed by atoms with van der Waals surface area (Å²) in [7, 11) is 0. The molecular formula is C12H14N2O. The number of carbonyl (C=O) groups excluding carboxylic acids is 1. The third-order valence-electron chi connectivity index (χ3n) is 1.80. The van der Waals surface area contributed by atoms with Crippen molar-refractivity contribution in [3.63, 3.8) is 0 Å². The molecule has 0 fully saturated rings. The Labute approximate surface area is 88.9 Å². The van der Waals surface area contributed by atoms with Gasteiger partial charge in [-0.1, -0.05) is 30.3 Å². The van der Waals surface area contributed by atoms with Gasteiger partial charge in [-0.05, 0) is 13.0 Å². The lowest BCUT2D eigenvalue weighted by Crippen LogP contribution is -1.88. The molecule has 0 saturated heterocycles. The third-order valence-corrected chi connectivity index (χ3v) is 1.80. The number of hydrogen-bond donors (Lipinski definition) is 2. The Kier molecular flexibility index (Phi) is 4.16. The van der Waals surface area contributed by atoms with Crippen LogP contribution in [0.5, 0.6) is 0 Å². The zero-order valence-electron chi connectivity index (χ0n) is 8.60. The van der Waals surface area contributed by atoms with Crippen LogP contribution in [0, 0.1) is 0 Å². The molecule has 15 heavy (non-hydrogen) atoms. The van der Waals surface area contributed by atoms with Crippen molar-refractivity contribution >= 4 is 11.5 Å². The van der Waals surface area contributed by atoms with Crippen LogP contribution in [-0.2, 0) is 0 Å². The van der Waals surface area contributed by atoms with E-state index in [2.05, 4.69) is 4.98 Å². The van der Waals surface area contributed by atoms with Gasteiger partial charge in [-0.25, -0.2) is 0 Å². The van der Waals surface area contributed by atoms with E-state index < -0.39 is 0 Å². The van der Waals surface area contributed by atoms with Gasteiger partial charge < -0.3 is 10.7 Å². The van der Waals surface area contributed by atoms with Gasteiger partial charge in [-0.15, -0.1) is 0 Å². The molecule has 0 aliphatic carbocycles. The minimum absolute atomic E-state index is 0.121. The highest BCUT2D eigenvalue weighted by Crippen LogP contribution is 1.97. The minimum atomic E-state index is 0.121. The predicted molar refractivity (Wildman–Crippen MR) is 61.7 cm³/mol. The molecule has 0 saturated carbocycles. The van der Waals surface area contributed by atoms with Gasteiger partial charge in [0.05, 0.1) is 0 Å². The number of nitrogen functional groups attached to an aromatic ring is 1. The van der Waals surface area contributed by atoms with Gasteiger partial charge in [0.15, 0.2) is 5.78 Å². The molecular weight excluding hydrogens is 188 g/mol. The topological polar surface area (TPSA) is 58.9 Å². The lowest BCUT2D eigenvalue weighted by Gasteiger charge is -1.89. The second-order valence-electron chi connectivity index (χ2n) is 3.07. The number of aromatic amines is 1. The quantitative estimate of drug-likeness (QED) is 0.698. The van der Waals surface area contributed by atoms with Gasteiger partial charge in [0.2, 0.25) is 0 Å². The average molecular weight is 202 g/mol. The molecule has 3 heteroatoms. The van der Waals surface area contributed by atoms with Gasteiger partial charge in [0, 0.05) is 23.6 Å². The molecule has 0 atom stereocenters. The number of hydrogen-bond acceptors (Lipinski definition) is 2. The second-order valence-corrected chi connectivity index (χ2v) is 3.07. The maximum atomic E-state index is 10.6. The molecule has 1 aromatic carbocycles. The van der Waals surface area contributed by atoms with Crippen LogP contribution >= 0.6 is 0 Å². The molecule has 1 heterocycles.